The molecule has 4 aromatic carbocycles. The number of ether oxygens (including phenoxy) is 4. The Morgan fingerprint density at radius 1 is 0.382 bits per heavy atom. The molecule has 0 saturated heterocycles. The third-order valence-corrected chi connectivity index (χ3v) is 11.4. The van der Waals surface area contributed by atoms with Crippen molar-refractivity contribution in [3.63, 3.8) is 0 Å². The smallest absolute Gasteiger partial charge is 0.304 e. The Bertz CT molecular complexity index is 3260. The van der Waals surface area contributed by atoms with Gasteiger partial charge in [0.2, 0.25) is 0 Å². The Morgan fingerprint density at radius 2 is 0.662 bits per heavy atom. The first-order valence-corrected chi connectivity index (χ1v) is 20.3. The zero-order valence-corrected chi connectivity index (χ0v) is 36.1. The number of H-pyrrole nitrogens is 2. The summed E-state index contributed by atoms with van der Waals surface area (Å²) in [7, 11) is 5.80. The molecule has 2 N–H and O–H groups in total. The summed E-state index contributed by atoms with van der Waals surface area (Å²) >= 11 is 0. The molecule has 0 unspecified atom stereocenters. The zero-order chi connectivity index (χ0) is 48.0. The van der Waals surface area contributed by atoms with Crippen LogP contribution in [0.25, 0.3) is 66.9 Å². The Kier molecular flexibility index (Phi) is 11.1. The number of aromatic nitrogens is 4. The van der Waals surface area contributed by atoms with Gasteiger partial charge < -0.3 is 28.9 Å². The van der Waals surface area contributed by atoms with Gasteiger partial charge in [-0.05, 0) is 95.1 Å². The number of nitro groups is 4. The highest BCUT2D eigenvalue weighted by Crippen LogP contribution is 2.45. The number of nitrogens with zero attached hydrogens (tertiary/aromatic N) is 6. The van der Waals surface area contributed by atoms with Gasteiger partial charge >= 0.3 is 22.8 Å². The number of hydrogen-bond acceptors (Lipinski definition) is 14. The van der Waals surface area contributed by atoms with Crippen molar-refractivity contribution < 1.29 is 38.6 Å². The van der Waals surface area contributed by atoms with Crippen molar-refractivity contribution in [2.24, 2.45) is 0 Å². The Labute approximate surface area is 383 Å². The standard InChI is InChI=1S/C48H34N8O12/c1-65-29-13-5-25(6-14-29)41-33-21-38-46(54(59)60)43(27-9-17-31(67-3)18-10-27)35(50-38)23-40-48(56(63)64)44(28-11-19-32(68-4)20-12-28)36(52-40)24-39-47(55(61)62)42(26-7-15-30(66-2)16-8-26)34(51-39)22-37(49-33)45(41)53(57)58/h5-24,49,52H,1-4H3. The molecule has 5 heterocycles. The minimum Gasteiger partial charge on any atom is -0.497 e. The van der Waals surface area contributed by atoms with E-state index in [1.54, 1.807) is 97.1 Å². The van der Waals surface area contributed by atoms with Gasteiger partial charge in [0, 0.05) is 0 Å². The topological polar surface area (TPSA) is 267 Å². The van der Waals surface area contributed by atoms with Crippen LogP contribution in [0.2, 0.25) is 0 Å². The highest BCUT2D eigenvalue weighted by Gasteiger charge is 2.36. The van der Waals surface area contributed by atoms with E-state index in [9.17, 15) is 40.5 Å². The highest BCUT2D eigenvalue weighted by atomic mass is 16.6. The van der Waals surface area contributed by atoms with Crippen LogP contribution in [0.1, 0.15) is 33.9 Å². The van der Waals surface area contributed by atoms with Crippen molar-refractivity contribution in [3.05, 3.63) is 196 Å². The molecule has 0 amide bonds. The second-order valence-corrected chi connectivity index (χ2v) is 15.1. The molecule has 68 heavy (non-hydrogen) atoms. The van der Waals surface area contributed by atoms with E-state index in [1.165, 1.54) is 52.7 Å². The summed E-state index contributed by atoms with van der Waals surface area (Å²) in [6.07, 6.45) is 0. The third-order valence-electron chi connectivity index (χ3n) is 11.4. The number of rotatable bonds is 12. The minimum absolute atomic E-state index is 0.0117. The second-order valence-electron chi connectivity index (χ2n) is 15.1. The molecule has 0 radical (unpaired) electrons. The van der Waals surface area contributed by atoms with Gasteiger partial charge in [-0.25, -0.2) is 9.97 Å². The van der Waals surface area contributed by atoms with E-state index in [1.807, 2.05) is 0 Å². The summed E-state index contributed by atoms with van der Waals surface area (Å²) in [6, 6.07) is 30.2. The van der Waals surface area contributed by atoms with Crippen LogP contribution in [0.15, 0.2) is 121 Å². The molecule has 0 fully saturated rings. The molecule has 0 saturated carbocycles. The molecule has 3 aromatic heterocycles. The summed E-state index contributed by atoms with van der Waals surface area (Å²) in [5.74, 6) is 1.74. The number of fused-ring (bicyclic) bond motifs is 8. The highest BCUT2D eigenvalue weighted by molar-refractivity contribution is 6.04. The summed E-state index contributed by atoms with van der Waals surface area (Å²) in [5.41, 5.74) is -2.14. The molecular weight excluding hydrogens is 881 g/mol. The third kappa shape index (κ3) is 7.62. The van der Waals surface area contributed by atoms with E-state index in [2.05, 4.69) is 9.97 Å². The van der Waals surface area contributed by atoms with E-state index >= 15 is 0 Å². The zero-order valence-electron chi connectivity index (χ0n) is 36.1. The van der Waals surface area contributed by atoms with Gasteiger partial charge in [-0.1, -0.05) is 48.5 Å². The summed E-state index contributed by atoms with van der Waals surface area (Å²) in [6.45, 7) is 0. The number of hydrogen-bond donors (Lipinski definition) is 2. The van der Waals surface area contributed by atoms with Crippen LogP contribution in [0.3, 0.4) is 0 Å². The van der Waals surface area contributed by atoms with Gasteiger partial charge in [-0.3, -0.25) is 40.5 Å². The predicted molar refractivity (Wildman–Crippen MR) is 250 cm³/mol. The van der Waals surface area contributed by atoms with Crippen LogP contribution >= 0.6 is 0 Å². The van der Waals surface area contributed by atoms with Crippen LogP contribution < -0.4 is 18.9 Å². The average Bonchev–Trinajstić information content (AvgIpc) is 4.09. The molecule has 9 rings (SSSR count). The lowest BCUT2D eigenvalue weighted by atomic mass is 9.99. The van der Waals surface area contributed by atoms with Gasteiger partial charge in [-0.15, -0.1) is 0 Å². The summed E-state index contributed by atoms with van der Waals surface area (Å²) in [5, 5.41) is 53.5. The molecule has 0 aliphatic carbocycles. The Hall–Kier alpha value is -9.72. The van der Waals surface area contributed by atoms with Crippen LogP contribution in [0, 0.1) is 40.5 Å². The number of benzene rings is 4. The SMILES string of the molecule is COc1ccc(C2=C([N+](=O)[O-])c3cc4[nH]c(cc5nc(cc6[nH]c(cc2n3)c([N+](=O)[O-])c6-c2ccc(OC)cc2)C([N+](=O)[O-])=C5c2ccc(OC)cc2)c([N+](=O)[O-])c4-c2ccc(OC)cc2)cc1. The first-order valence-electron chi connectivity index (χ1n) is 20.3. The van der Waals surface area contributed by atoms with Crippen LogP contribution in [-0.4, -0.2) is 68.1 Å². The molecule has 338 valence electrons. The molecule has 20 nitrogen and oxygen atoms in total. The van der Waals surface area contributed by atoms with Crippen LogP contribution in [0.5, 0.6) is 23.0 Å². The fraction of sp³-hybridized carbons (Fsp3) is 0.0833. The van der Waals surface area contributed by atoms with Crippen molar-refractivity contribution in [3.8, 4) is 45.3 Å². The number of nitrogens with one attached hydrogen (secondary N) is 2. The molecule has 7 aromatic rings. The largest absolute Gasteiger partial charge is 0.497 e. The minimum atomic E-state index is -0.651. The quantitative estimate of drug-likeness (QED) is 0.0853. The maximum Gasteiger partial charge on any atom is 0.304 e. The summed E-state index contributed by atoms with van der Waals surface area (Å²) in [4.78, 5) is 66.5. The lowest BCUT2D eigenvalue weighted by Crippen LogP contribution is -1.99. The lowest BCUT2D eigenvalue weighted by molar-refractivity contribution is -0.382. The molecule has 2 aliphatic heterocycles. The predicted octanol–water partition coefficient (Wildman–Crippen LogP) is 9.89. The Morgan fingerprint density at radius 3 is 0.926 bits per heavy atom. The van der Waals surface area contributed by atoms with Crippen molar-refractivity contribution in [1.82, 2.24) is 19.9 Å². The monoisotopic (exact) mass is 914 g/mol. The average molecular weight is 915 g/mol. The number of methoxy groups -OCH3 is 4. The lowest BCUT2D eigenvalue weighted by Gasteiger charge is -2.05. The normalized spacial score (nSPS) is 12.2. The molecule has 0 spiro atoms. The van der Waals surface area contributed by atoms with E-state index in [0.717, 1.165) is 0 Å². The van der Waals surface area contributed by atoms with Gasteiger partial charge in [-0.2, -0.15) is 0 Å². The van der Waals surface area contributed by atoms with Crippen molar-refractivity contribution in [2.75, 3.05) is 28.4 Å². The van der Waals surface area contributed by atoms with Gasteiger partial charge in [0.15, 0.2) is 0 Å². The first kappa shape index (κ1) is 43.5. The second kappa shape index (κ2) is 17.3. The van der Waals surface area contributed by atoms with Crippen LogP contribution in [0.4, 0.5) is 11.4 Å². The van der Waals surface area contributed by atoms with Crippen LogP contribution in [-0.2, 0) is 0 Å². The molecular formula is C48H34N8O12. The van der Waals surface area contributed by atoms with Crippen molar-refractivity contribution in [2.45, 2.75) is 0 Å². The maximum atomic E-state index is 13.4. The molecule has 0 atom stereocenters. The fourth-order valence-corrected chi connectivity index (χ4v) is 8.35. The van der Waals surface area contributed by atoms with Crippen molar-refractivity contribution >= 4 is 56.0 Å². The van der Waals surface area contributed by atoms with E-state index in [0.29, 0.717) is 34.1 Å². The Balaban J connectivity index is 1.53. The first-order chi connectivity index (χ1) is 32.8. The van der Waals surface area contributed by atoms with E-state index in [-0.39, 0.29) is 78.2 Å². The molecule has 20 heteroatoms. The fourth-order valence-electron chi connectivity index (χ4n) is 8.35. The molecule has 8 bridgehead atoms. The van der Waals surface area contributed by atoms with E-state index < -0.39 is 42.5 Å². The van der Waals surface area contributed by atoms with Gasteiger partial charge in [0.05, 0.1) is 92.8 Å². The van der Waals surface area contributed by atoms with Crippen molar-refractivity contribution in [1.29, 1.82) is 0 Å². The van der Waals surface area contributed by atoms with Gasteiger partial charge in [0.1, 0.15) is 45.4 Å². The van der Waals surface area contributed by atoms with Gasteiger partial charge in [0.25, 0.3) is 0 Å². The summed E-state index contributed by atoms with van der Waals surface area (Å²) < 4.78 is 21.4. The maximum absolute atomic E-state index is 13.4. The molecule has 2 aliphatic rings. The number of aromatic amines is 2. The van der Waals surface area contributed by atoms with E-state index in [4.69, 9.17) is 28.9 Å².